The summed E-state index contributed by atoms with van der Waals surface area (Å²) in [7, 11) is 1.27. The zero-order valence-electron chi connectivity index (χ0n) is 9.87. The molecular formula is C13H13NO4. The molecule has 1 aromatic rings. The number of aliphatic carboxylic acids is 1. The number of nitrogens with zero attached hydrogens (tertiary/aromatic N) is 1. The van der Waals surface area contributed by atoms with Crippen molar-refractivity contribution in [2.75, 3.05) is 13.6 Å². The average molecular weight is 247 g/mol. The second-order valence-corrected chi connectivity index (χ2v) is 3.66. The predicted octanol–water partition coefficient (Wildman–Crippen LogP) is 0.812. The van der Waals surface area contributed by atoms with E-state index in [1.54, 1.807) is 12.1 Å². The van der Waals surface area contributed by atoms with Crippen LogP contribution in [0.1, 0.15) is 5.56 Å². The summed E-state index contributed by atoms with van der Waals surface area (Å²) >= 11 is 0. The molecule has 0 bridgehead atoms. The predicted molar refractivity (Wildman–Crippen MR) is 65.8 cm³/mol. The Morgan fingerprint density at radius 1 is 1.22 bits per heavy atom. The van der Waals surface area contributed by atoms with Crippen molar-refractivity contribution >= 4 is 23.7 Å². The first-order valence-corrected chi connectivity index (χ1v) is 5.25. The van der Waals surface area contributed by atoms with E-state index in [0.717, 1.165) is 16.5 Å². The van der Waals surface area contributed by atoms with Gasteiger partial charge >= 0.3 is 5.97 Å². The van der Waals surface area contributed by atoms with Crippen molar-refractivity contribution in [3.05, 3.63) is 42.0 Å². The third-order valence-electron chi connectivity index (χ3n) is 2.16. The topological polar surface area (TPSA) is 74.7 Å². The molecule has 1 N–H and O–H groups in total. The van der Waals surface area contributed by atoms with Crippen LogP contribution < -0.4 is 0 Å². The lowest BCUT2D eigenvalue weighted by Crippen LogP contribution is -2.36. The van der Waals surface area contributed by atoms with E-state index >= 15 is 0 Å². The van der Waals surface area contributed by atoms with Crippen molar-refractivity contribution in [2.45, 2.75) is 0 Å². The molecule has 0 radical (unpaired) electrons. The minimum atomic E-state index is -1.16. The van der Waals surface area contributed by atoms with E-state index in [1.165, 1.54) is 13.1 Å². The first kappa shape index (κ1) is 13.6. The Balaban J connectivity index is 2.63. The van der Waals surface area contributed by atoms with E-state index in [0.29, 0.717) is 0 Å². The van der Waals surface area contributed by atoms with Crippen LogP contribution >= 0.6 is 0 Å². The molecule has 0 heterocycles. The number of carboxylic acid groups (broad SMARTS) is 1. The second kappa shape index (κ2) is 6.34. The van der Waals surface area contributed by atoms with Crippen LogP contribution in [0.25, 0.3) is 6.08 Å². The summed E-state index contributed by atoms with van der Waals surface area (Å²) in [6.45, 7) is -0.496. The van der Waals surface area contributed by atoms with Crippen molar-refractivity contribution in [1.29, 1.82) is 0 Å². The quantitative estimate of drug-likeness (QED) is 0.617. The fourth-order valence-electron chi connectivity index (χ4n) is 1.27. The maximum atomic E-state index is 11.5. The summed E-state index contributed by atoms with van der Waals surface area (Å²) in [6, 6.07) is 9.03. The van der Waals surface area contributed by atoms with Gasteiger partial charge in [0.1, 0.15) is 6.54 Å². The van der Waals surface area contributed by atoms with Gasteiger partial charge in [-0.3, -0.25) is 14.4 Å². The summed E-state index contributed by atoms with van der Waals surface area (Å²) in [5.74, 6) is -2.75. The molecule has 0 fully saturated rings. The van der Waals surface area contributed by atoms with Gasteiger partial charge < -0.3 is 10.0 Å². The number of hydrogen-bond donors (Lipinski definition) is 1. The van der Waals surface area contributed by atoms with Gasteiger partial charge in [0.15, 0.2) is 0 Å². The maximum Gasteiger partial charge on any atom is 0.323 e. The van der Waals surface area contributed by atoms with E-state index in [1.807, 2.05) is 18.2 Å². The van der Waals surface area contributed by atoms with Crippen LogP contribution in [0.5, 0.6) is 0 Å². The molecule has 1 rings (SSSR count). The van der Waals surface area contributed by atoms with E-state index < -0.39 is 24.2 Å². The van der Waals surface area contributed by atoms with Gasteiger partial charge in [0.25, 0.3) is 5.91 Å². The molecule has 18 heavy (non-hydrogen) atoms. The summed E-state index contributed by atoms with van der Waals surface area (Å²) in [4.78, 5) is 34.2. The van der Waals surface area contributed by atoms with Crippen LogP contribution in [0, 0.1) is 0 Å². The summed E-state index contributed by atoms with van der Waals surface area (Å²) in [5.41, 5.74) is 0.791. The highest BCUT2D eigenvalue weighted by Crippen LogP contribution is 2.01. The molecule has 0 spiro atoms. The number of amides is 1. The lowest BCUT2D eigenvalue weighted by atomic mass is 10.2. The molecule has 0 unspecified atom stereocenters. The van der Waals surface area contributed by atoms with Gasteiger partial charge in [0.2, 0.25) is 5.78 Å². The normalized spacial score (nSPS) is 10.3. The Morgan fingerprint density at radius 2 is 1.83 bits per heavy atom. The van der Waals surface area contributed by atoms with Crippen LogP contribution in [0.4, 0.5) is 0 Å². The van der Waals surface area contributed by atoms with Gasteiger partial charge in [-0.2, -0.15) is 0 Å². The zero-order valence-corrected chi connectivity index (χ0v) is 9.87. The van der Waals surface area contributed by atoms with E-state index in [2.05, 4.69) is 0 Å². The zero-order chi connectivity index (χ0) is 13.5. The van der Waals surface area contributed by atoms with Gasteiger partial charge in [-0.05, 0) is 11.6 Å². The minimum absolute atomic E-state index is 0.496. The number of carbonyl (C=O) groups excluding carboxylic acids is 2. The average Bonchev–Trinajstić information content (AvgIpc) is 2.35. The lowest BCUT2D eigenvalue weighted by Gasteiger charge is -2.11. The Hall–Kier alpha value is -2.43. The monoisotopic (exact) mass is 247 g/mol. The highest BCUT2D eigenvalue weighted by molar-refractivity contribution is 6.41. The molecule has 0 atom stereocenters. The number of hydrogen-bond acceptors (Lipinski definition) is 3. The highest BCUT2D eigenvalue weighted by atomic mass is 16.4. The van der Waals surface area contributed by atoms with Gasteiger partial charge in [0, 0.05) is 7.05 Å². The largest absolute Gasteiger partial charge is 0.480 e. The van der Waals surface area contributed by atoms with Crippen molar-refractivity contribution < 1.29 is 19.5 Å². The summed E-state index contributed by atoms with van der Waals surface area (Å²) in [5, 5.41) is 8.50. The third-order valence-corrected chi connectivity index (χ3v) is 2.16. The second-order valence-electron chi connectivity index (χ2n) is 3.66. The number of benzene rings is 1. The highest BCUT2D eigenvalue weighted by Gasteiger charge is 2.17. The molecule has 0 saturated heterocycles. The molecule has 1 aromatic carbocycles. The van der Waals surface area contributed by atoms with Crippen molar-refractivity contribution in [3.63, 3.8) is 0 Å². The van der Waals surface area contributed by atoms with Crippen LogP contribution in [0.2, 0.25) is 0 Å². The summed E-state index contributed by atoms with van der Waals surface area (Å²) < 4.78 is 0. The van der Waals surface area contributed by atoms with E-state index in [4.69, 9.17) is 5.11 Å². The van der Waals surface area contributed by atoms with Gasteiger partial charge in [-0.15, -0.1) is 0 Å². The SMILES string of the molecule is CN(CC(=O)O)C(=O)C(=O)/C=C/c1ccccc1. The molecule has 94 valence electrons. The van der Waals surface area contributed by atoms with Crippen molar-refractivity contribution in [3.8, 4) is 0 Å². The van der Waals surface area contributed by atoms with Crippen molar-refractivity contribution in [1.82, 2.24) is 4.90 Å². The van der Waals surface area contributed by atoms with Gasteiger partial charge in [0.05, 0.1) is 0 Å². The number of rotatable bonds is 5. The Labute approximate surface area is 104 Å². The molecule has 1 amide bonds. The Bertz CT molecular complexity index is 479. The Morgan fingerprint density at radius 3 is 2.39 bits per heavy atom. The standard InChI is InChI=1S/C13H13NO4/c1-14(9-12(16)17)13(18)11(15)8-7-10-5-3-2-4-6-10/h2-8H,9H2,1H3,(H,16,17)/b8-7+. The third kappa shape index (κ3) is 4.21. The first-order chi connectivity index (χ1) is 8.50. The van der Waals surface area contributed by atoms with E-state index in [-0.39, 0.29) is 0 Å². The molecule has 5 heteroatoms. The first-order valence-electron chi connectivity index (χ1n) is 5.25. The van der Waals surface area contributed by atoms with Gasteiger partial charge in [-0.25, -0.2) is 0 Å². The molecule has 0 saturated carbocycles. The molecule has 0 aliphatic heterocycles. The molecule has 0 aromatic heterocycles. The smallest absolute Gasteiger partial charge is 0.323 e. The number of likely N-dealkylation sites (N-methyl/N-ethyl adjacent to an activating group) is 1. The van der Waals surface area contributed by atoms with Gasteiger partial charge in [-0.1, -0.05) is 36.4 Å². The molecule has 5 nitrogen and oxygen atoms in total. The van der Waals surface area contributed by atoms with Crippen LogP contribution in [0.3, 0.4) is 0 Å². The molecular weight excluding hydrogens is 234 g/mol. The maximum absolute atomic E-state index is 11.5. The number of ketones is 1. The van der Waals surface area contributed by atoms with Crippen LogP contribution in [0.15, 0.2) is 36.4 Å². The number of carbonyl (C=O) groups is 3. The fourth-order valence-corrected chi connectivity index (χ4v) is 1.27. The van der Waals surface area contributed by atoms with E-state index in [9.17, 15) is 14.4 Å². The number of carboxylic acids is 1. The molecule has 0 aliphatic rings. The minimum Gasteiger partial charge on any atom is -0.480 e. The molecule has 0 aliphatic carbocycles. The lowest BCUT2D eigenvalue weighted by molar-refractivity contribution is -0.146. The van der Waals surface area contributed by atoms with Crippen LogP contribution in [-0.4, -0.2) is 41.3 Å². The Kier molecular flexibility index (Phi) is 4.80. The van der Waals surface area contributed by atoms with Crippen molar-refractivity contribution in [2.24, 2.45) is 0 Å². The van der Waals surface area contributed by atoms with Crippen LogP contribution in [-0.2, 0) is 14.4 Å². The fraction of sp³-hybridized carbons (Fsp3) is 0.154. The summed E-state index contributed by atoms with van der Waals surface area (Å²) in [6.07, 6.45) is 2.64.